The maximum absolute atomic E-state index is 8.55. The van der Waals surface area contributed by atoms with Crippen molar-refractivity contribution >= 4 is 7.82 Å². The van der Waals surface area contributed by atoms with E-state index in [0.29, 0.717) is 0 Å². The normalized spacial score (nSPS) is 6.56. The molecule has 0 unspecified atom stereocenters. The van der Waals surface area contributed by atoms with Gasteiger partial charge in [0, 0.05) is 0 Å². The summed E-state index contributed by atoms with van der Waals surface area (Å²) in [6.45, 7) is 0. The predicted octanol–water partition coefficient (Wildman–Crippen LogP) is -5.86. The molecule has 0 aromatic carbocycles. The van der Waals surface area contributed by atoms with Crippen LogP contribution < -0.4 is 66.1 Å². The zero-order valence-corrected chi connectivity index (χ0v) is 10.1. The largest absolute Gasteiger partial charge is 4.00 e. The van der Waals surface area contributed by atoms with Crippen molar-refractivity contribution in [3.8, 4) is 0 Å². The van der Waals surface area contributed by atoms with E-state index in [2.05, 4.69) is 0 Å². The zero-order valence-electron chi connectivity index (χ0n) is 4.49. The molecule has 0 atom stereocenters. The fourth-order valence-corrected chi connectivity index (χ4v) is 0. The first kappa shape index (κ1) is 30.1. The number of rotatable bonds is 0. The first-order valence-corrected chi connectivity index (χ1v) is 2.19. The van der Waals surface area contributed by atoms with Gasteiger partial charge in [-0.2, -0.15) is 7.82 Å². The Labute approximate surface area is 111 Å². The molecule has 0 rings (SSSR count). The van der Waals surface area contributed by atoms with Crippen molar-refractivity contribution in [2.45, 2.75) is 0 Å². The summed E-state index contributed by atoms with van der Waals surface area (Å²) in [6.07, 6.45) is 0. The minimum Gasteiger partial charge on any atom is -0.822 e. The second kappa shape index (κ2) is 13.0. The second-order valence-corrected chi connectivity index (χ2v) is 1.34. The Bertz CT molecular complexity index is 63.1. The number of hydrogen-bond acceptors (Lipinski definition) is 4. The van der Waals surface area contributed by atoms with Crippen LogP contribution in [0.4, 0.5) is 0 Å². The standard InChI is InChI=1S/C.K.H3O4P.O.Ti/c;;1-5(2,3)4;;/h;;(H3,1,2,3,4);;/q+4;+1;;+2;+4/p-3. The first-order chi connectivity index (χ1) is 2.00. The molecule has 0 aromatic rings. The maximum atomic E-state index is 8.55. The SMILES string of the molecule is O=P([O-])([O-])[O-].[C+4].[K+].[O+2].[Ti+4]. The van der Waals surface area contributed by atoms with Gasteiger partial charge >= 0.3 is 86.0 Å². The fraction of sp³-hybridized carbons (Fsp3) is 0. The Morgan fingerprint density at radius 1 is 1.11 bits per heavy atom. The minimum absolute atomic E-state index is 0. The molecule has 8 heteroatoms. The predicted molar refractivity (Wildman–Crippen MR) is 11.5 cm³/mol. The summed E-state index contributed by atoms with van der Waals surface area (Å²) in [4.78, 5) is 25.6. The summed E-state index contributed by atoms with van der Waals surface area (Å²) in [5.74, 6) is 0. The van der Waals surface area contributed by atoms with Gasteiger partial charge in [-0.25, -0.2) is 0 Å². The van der Waals surface area contributed by atoms with Crippen LogP contribution in [-0.2, 0) is 31.8 Å². The summed E-state index contributed by atoms with van der Waals surface area (Å²) in [7, 11) is -5.39. The molecule has 0 amide bonds. The molecule has 0 spiro atoms. The van der Waals surface area contributed by atoms with Gasteiger partial charge < -0.3 is 19.2 Å². The van der Waals surface area contributed by atoms with E-state index in [9.17, 15) is 0 Å². The minimum atomic E-state index is -5.39. The molecule has 0 fully saturated rings. The molecule has 0 aliphatic carbocycles. The molecule has 0 bridgehead atoms. The van der Waals surface area contributed by atoms with E-state index in [1.54, 1.807) is 0 Å². The molecule has 0 heterocycles. The Kier molecular flexibility index (Phi) is 43.6. The molecule has 4 radical (unpaired) electrons. The van der Waals surface area contributed by atoms with Crippen molar-refractivity contribution in [1.29, 1.82) is 0 Å². The van der Waals surface area contributed by atoms with E-state index in [0.717, 1.165) is 0 Å². The van der Waals surface area contributed by atoms with Crippen molar-refractivity contribution in [3.05, 3.63) is 7.43 Å². The van der Waals surface area contributed by atoms with Gasteiger partial charge in [-0.1, -0.05) is 0 Å². The average molecular weight is 210 g/mol. The van der Waals surface area contributed by atoms with E-state index < -0.39 is 7.82 Å². The molecule has 0 N–H and O–H groups in total. The molecule has 0 saturated carbocycles. The topological polar surface area (TPSA) is 115 Å². The van der Waals surface area contributed by atoms with Crippen LogP contribution in [0.15, 0.2) is 0 Å². The van der Waals surface area contributed by atoms with Crippen LogP contribution >= 0.6 is 7.82 Å². The second-order valence-electron chi connectivity index (χ2n) is 0.447. The van der Waals surface area contributed by atoms with Crippen molar-refractivity contribution in [2.24, 2.45) is 0 Å². The van der Waals surface area contributed by atoms with Gasteiger partial charge in [0.15, 0.2) is 0 Å². The summed E-state index contributed by atoms with van der Waals surface area (Å²) >= 11 is 0. The molecule has 5 nitrogen and oxygen atoms in total. The Morgan fingerprint density at radius 3 is 1.11 bits per heavy atom. The molecular weight excluding hydrogens is 210 g/mol. The van der Waals surface area contributed by atoms with Gasteiger partial charge in [0.1, 0.15) is 0 Å². The monoisotopic (exact) mass is 210 g/mol. The summed E-state index contributed by atoms with van der Waals surface area (Å²) in [6, 6.07) is 0. The average Bonchev–Trinajstić information content (AvgIpc) is 0.722. The van der Waals surface area contributed by atoms with Crippen LogP contribution in [0.1, 0.15) is 0 Å². The Balaban J connectivity index is -0.0000000133. The van der Waals surface area contributed by atoms with E-state index >= 15 is 0 Å². The van der Waals surface area contributed by atoms with Crippen LogP contribution in [0.2, 0.25) is 0 Å². The van der Waals surface area contributed by atoms with E-state index in [1.807, 2.05) is 0 Å². The summed E-state index contributed by atoms with van der Waals surface area (Å²) in [5, 5.41) is 0. The Hall–Kier alpha value is 2.42. The molecular formula is CKO5PTi+8. The molecule has 0 aromatic heterocycles. The maximum Gasteiger partial charge on any atom is 4.00 e. The van der Waals surface area contributed by atoms with E-state index in [4.69, 9.17) is 19.2 Å². The number of phosphoric acid groups is 1. The quantitative estimate of drug-likeness (QED) is 0.292. The summed E-state index contributed by atoms with van der Waals surface area (Å²) in [5.41, 5.74) is 0. The van der Waals surface area contributed by atoms with Crippen LogP contribution in [-0.4, -0.2) is 0 Å². The van der Waals surface area contributed by atoms with Crippen molar-refractivity contribution in [3.63, 3.8) is 0 Å². The molecule has 9 heavy (non-hydrogen) atoms. The molecule has 0 aliphatic heterocycles. The van der Waals surface area contributed by atoms with Gasteiger partial charge in [-0.05, 0) is 0 Å². The summed E-state index contributed by atoms with van der Waals surface area (Å²) < 4.78 is 8.55. The molecule has 0 saturated heterocycles. The fourth-order valence-electron chi connectivity index (χ4n) is 0. The zero-order chi connectivity index (χ0) is 4.50. The first-order valence-electron chi connectivity index (χ1n) is 0.730. The third-order valence-corrected chi connectivity index (χ3v) is 0. The van der Waals surface area contributed by atoms with Gasteiger partial charge in [-0.3, -0.25) is 0 Å². The van der Waals surface area contributed by atoms with Gasteiger partial charge in [0.25, 0.3) is 0 Å². The van der Waals surface area contributed by atoms with Gasteiger partial charge in [0.2, 0.25) is 0 Å². The van der Waals surface area contributed by atoms with Crippen LogP contribution in [0, 0.1) is 7.43 Å². The van der Waals surface area contributed by atoms with Crippen molar-refractivity contribution < 1.29 is 97.8 Å². The van der Waals surface area contributed by atoms with Crippen LogP contribution in [0.25, 0.3) is 0 Å². The van der Waals surface area contributed by atoms with Gasteiger partial charge in [0.05, 0.1) is 0 Å². The van der Waals surface area contributed by atoms with E-state index in [-0.39, 0.29) is 86.0 Å². The van der Waals surface area contributed by atoms with Crippen LogP contribution in [0.3, 0.4) is 0 Å². The van der Waals surface area contributed by atoms with Crippen molar-refractivity contribution in [1.82, 2.24) is 0 Å². The third-order valence-electron chi connectivity index (χ3n) is 0. The Morgan fingerprint density at radius 2 is 1.11 bits per heavy atom. The van der Waals surface area contributed by atoms with Crippen LogP contribution in [0.5, 0.6) is 0 Å². The van der Waals surface area contributed by atoms with E-state index in [1.165, 1.54) is 0 Å². The molecule has 0 aliphatic rings. The van der Waals surface area contributed by atoms with Crippen molar-refractivity contribution in [2.75, 3.05) is 0 Å². The third kappa shape index (κ3) is 126. The molecule has 36 valence electrons. The smallest absolute Gasteiger partial charge is 0.822 e. The van der Waals surface area contributed by atoms with Gasteiger partial charge in [-0.15, -0.1) is 0 Å². The number of hydrogen-bond donors (Lipinski definition) is 0.